The molecule has 0 aliphatic heterocycles. The second-order valence-corrected chi connectivity index (χ2v) is 19.3. The highest BCUT2D eigenvalue weighted by atomic mass is 16.5. The van der Waals surface area contributed by atoms with Gasteiger partial charge in [0.25, 0.3) is 0 Å². The fraction of sp³-hybridized carbons (Fsp3) is 0.233. The molecule has 3 aromatic heterocycles. The number of rotatable bonds is 8. The standard InChI is InChI=1S/C60H56N2O2/c1-36-14-23-50-53-30-48(31-54(59(53)64-58(50)26-36)56-32-51(40(5)35-62-56)49-24-25-60(7,8)33-38(49)3)63-57-29-47(55-27-37(2)39(4)34-61-55)28-52(41(57)6)46-21-19-45(20-22-46)44-17-15-43(16-18-44)42-12-10-9-11-13-42/h9-23,26-32,34-35,38,49H,24-25,33H2,1-8H3. The van der Waals surface area contributed by atoms with Gasteiger partial charge in [0, 0.05) is 34.3 Å². The molecule has 4 nitrogen and oxygen atoms in total. The Morgan fingerprint density at radius 2 is 1.23 bits per heavy atom. The quantitative estimate of drug-likeness (QED) is 0.153. The molecule has 0 radical (unpaired) electrons. The molecule has 0 amide bonds. The maximum Gasteiger partial charge on any atom is 0.145 e. The molecule has 1 fully saturated rings. The molecule has 4 heteroatoms. The number of hydrogen-bond donors (Lipinski definition) is 0. The van der Waals surface area contributed by atoms with E-state index in [1.54, 1.807) is 0 Å². The lowest BCUT2D eigenvalue weighted by Crippen LogP contribution is -2.27. The fourth-order valence-electron chi connectivity index (χ4n) is 10.2. The molecular weight excluding hydrogens is 781 g/mol. The van der Waals surface area contributed by atoms with Gasteiger partial charge in [-0.3, -0.25) is 9.97 Å². The molecule has 64 heavy (non-hydrogen) atoms. The van der Waals surface area contributed by atoms with Crippen molar-refractivity contribution >= 4 is 21.9 Å². The van der Waals surface area contributed by atoms with Gasteiger partial charge in [0.1, 0.15) is 22.7 Å². The largest absolute Gasteiger partial charge is 0.457 e. The van der Waals surface area contributed by atoms with E-state index in [1.165, 1.54) is 58.2 Å². The highest BCUT2D eigenvalue weighted by Gasteiger charge is 2.34. The first-order valence-corrected chi connectivity index (χ1v) is 22.8. The maximum atomic E-state index is 7.15. The molecule has 318 valence electrons. The third kappa shape index (κ3) is 7.91. The van der Waals surface area contributed by atoms with Crippen LogP contribution in [0.4, 0.5) is 0 Å². The Labute approximate surface area is 378 Å². The molecule has 3 heterocycles. The van der Waals surface area contributed by atoms with E-state index >= 15 is 0 Å². The van der Waals surface area contributed by atoms with Crippen LogP contribution >= 0.6 is 0 Å². The van der Waals surface area contributed by atoms with Gasteiger partial charge in [-0.2, -0.15) is 0 Å². The first kappa shape index (κ1) is 41.2. The average Bonchev–Trinajstić information content (AvgIpc) is 3.65. The third-order valence-electron chi connectivity index (χ3n) is 14.0. The predicted octanol–water partition coefficient (Wildman–Crippen LogP) is 17.0. The number of furan rings is 1. The van der Waals surface area contributed by atoms with Crippen molar-refractivity contribution < 1.29 is 9.15 Å². The summed E-state index contributed by atoms with van der Waals surface area (Å²) in [6.07, 6.45) is 7.65. The van der Waals surface area contributed by atoms with Gasteiger partial charge in [0.2, 0.25) is 0 Å². The van der Waals surface area contributed by atoms with Crippen molar-refractivity contribution in [1.29, 1.82) is 0 Å². The lowest BCUT2D eigenvalue weighted by molar-refractivity contribution is 0.167. The van der Waals surface area contributed by atoms with Crippen molar-refractivity contribution in [3.63, 3.8) is 0 Å². The van der Waals surface area contributed by atoms with Gasteiger partial charge in [0.05, 0.1) is 11.4 Å². The van der Waals surface area contributed by atoms with Crippen molar-refractivity contribution in [3.05, 3.63) is 179 Å². The van der Waals surface area contributed by atoms with Gasteiger partial charge in [-0.15, -0.1) is 0 Å². The van der Waals surface area contributed by atoms with E-state index in [1.807, 2.05) is 6.20 Å². The second kappa shape index (κ2) is 16.4. The highest BCUT2D eigenvalue weighted by molar-refractivity contribution is 6.10. The molecule has 0 saturated heterocycles. The first-order chi connectivity index (χ1) is 30.9. The van der Waals surface area contributed by atoms with Gasteiger partial charge in [-0.05, 0) is 180 Å². The van der Waals surface area contributed by atoms with E-state index in [0.717, 1.165) is 83.8 Å². The van der Waals surface area contributed by atoms with Crippen LogP contribution in [0.25, 0.3) is 77.8 Å². The Hall–Kier alpha value is -6.78. The van der Waals surface area contributed by atoms with Gasteiger partial charge in [-0.1, -0.05) is 112 Å². The fourth-order valence-corrected chi connectivity index (χ4v) is 10.2. The van der Waals surface area contributed by atoms with Crippen LogP contribution in [0.15, 0.2) is 150 Å². The molecule has 1 aliphatic rings. The maximum absolute atomic E-state index is 7.15. The Kier molecular flexibility index (Phi) is 10.6. The number of aryl methyl sites for hydroxylation is 4. The number of aromatic nitrogens is 2. The van der Waals surface area contributed by atoms with Crippen LogP contribution in [0.1, 0.15) is 79.3 Å². The number of pyridine rings is 2. The van der Waals surface area contributed by atoms with Gasteiger partial charge in [0.15, 0.2) is 0 Å². The molecule has 2 atom stereocenters. The normalized spacial score (nSPS) is 16.1. The van der Waals surface area contributed by atoms with E-state index in [2.05, 4.69) is 195 Å². The van der Waals surface area contributed by atoms with Crippen LogP contribution in [0.5, 0.6) is 11.5 Å². The van der Waals surface area contributed by atoms with E-state index in [0.29, 0.717) is 17.3 Å². The number of benzene rings is 6. The van der Waals surface area contributed by atoms with E-state index in [4.69, 9.17) is 19.1 Å². The second-order valence-electron chi connectivity index (χ2n) is 19.3. The zero-order valence-electron chi connectivity index (χ0n) is 38.3. The lowest BCUT2D eigenvalue weighted by atomic mass is 9.65. The zero-order valence-corrected chi connectivity index (χ0v) is 38.3. The summed E-state index contributed by atoms with van der Waals surface area (Å²) in [5.41, 5.74) is 20.0. The topological polar surface area (TPSA) is 48.2 Å². The molecule has 0 bridgehead atoms. The monoisotopic (exact) mass is 836 g/mol. The van der Waals surface area contributed by atoms with Crippen LogP contribution < -0.4 is 4.74 Å². The summed E-state index contributed by atoms with van der Waals surface area (Å²) < 4.78 is 13.9. The summed E-state index contributed by atoms with van der Waals surface area (Å²) in [4.78, 5) is 10.0. The molecule has 0 spiro atoms. The smallest absolute Gasteiger partial charge is 0.145 e. The predicted molar refractivity (Wildman–Crippen MR) is 266 cm³/mol. The summed E-state index contributed by atoms with van der Waals surface area (Å²) in [5, 5.41) is 2.07. The summed E-state index contributed by atoms with van der Waals surface area (Å²) in [5.74, 6) is 2.58. The Bertz CT molecular complexity index is 3190. The van der Waals surface area contributed by atoms with Gasteiger partial charge in [-0.25, -0.2) is 0 Å². The number of hydrogen-bond acceptors (Lipinski definition) is 4. The molecule has 1 aliphatic carbocycles. The average molecular weight is 837 g/mol. The summed E-state index contributed by atoms with van der Waals surface area (Å²) >= 11 is 0. The van der Waals surface area contributed by atoms with Crippen LogP contribution in [0.3, 0.4) is 0 Å². The SMILES string of the molecule is Cc1ccc2c(c1)oc1c(-c3cc(C4CCC(C)(C)CC4C)c(C)cn3)cc(Oc3cc(-c4cc(C)c(C)cn4)cc(-c4ccc(-c5ccc(-c6ccccc6)cc5)cc4)c3C)cc12. The Morgan fingerprint density at radius 1 is 0.578 bits per heavy atom. The van der Waals surface area contributed by atoms with Crippen LogP contribution in [0, 0.1) is 46.0 Å². The van der Waals surface area contributed by atoms with Crippen LogP contribution in [-0.2, 0) is 0 Å². The van der Waals surface area contributed by atoms with E-state index < -0.39 is 0 Å². The van der Waals surface area contributed by atoms with E-state index in [-0.39, 0.29) is 0 Å². The van der Waals surface area contributed by atoms with Crippen LogP contribution in [0.2, 0.25) is 0 Å². The number of nitrogens with zero attached hydrogens (tertiary/aromatic N) is 2. The summed E-state index contributed by atoms with van der Waals surface area (Å²) in [6, 6.07) is 47.9. The van der Waals surface area contributed by atoms with Crippen molar-refractivity contribution in [2.75, 3.05) is 0 Å². The molecule has 2 unspecified atom stereocenters. The molecule has 0 N–H and O–H groups in total. The third-order valence-corrected chi connectivity index (χ3v) is 14.0. The minimum Gasteiger partial charge on any atom is -0.457 e. The Balaban J connectivity index is 1.07. The van der Waals surface area contributed by atoms with Crippen molar-refractivity contribution in [1.82, 2.24) is 9.97 Å². The molecule has 1 saturated carbocycles. The van der Waals surface area contributed by atoms with Gasteiger partial charge < -0.3 is 9.15 Å². The van der Waals surface area contributed by atoms with Crippen molar-refractivity contribution in [2.45, 2.75) is 80.6 Å². The molecule has 10 rings (SSSR count). The summed E-state index contributed by atoms with van der Waals surface area (Å²) in [7, 11) is 0. The van der Waals surface area contributed by atoms with Crippen molar-refractivity contribution in [3.8, 4) is 67.4 Å². The minimum absolute atomic E-state index is 0.368. The molecule has 9 aromatic rings. The zero-order chi connectivity index (χ0) is 44.3. The molecule has 6 aromatic carbocycles. The molecular formula is C60H56N2O2. The lowest BCUT2D eigenvalue weighted by Gasteiger charge is -2.40. The van der Waals surface area contributed by atoms with Gasteiger partial charge >= 0.3 is 0 Å². The summed E-state index contributed by atoms with van der Waals surface area (Å²) in [6.45, 7) is 18.0. The van der Waals surface area contributed by atoms with E-state index in [9.17, 15) is 0 Å². The minimum atomic E-state index is 0.368. The number of ether oxygens (including phenoxy) is 1. The first-order valence-electron chi connectivity index (χ1n) is 22.8. The van der Waals surface area contributed by atoms with Crippen molar-refractivity contribution in [2.24, 2.45) is 11.3 Å². The van der Waals surface area contributed by atoms with Crippen LogP contribution in [-0.4, -0.2) is 9.97 Å². The Morgan fingerprint density at radius 3 is 1.92 bits per heavy atom. The number of fused-ring (bicyclic) bond motifs is 3. The highest BCUT2D eigenvalue weighted by Crippen LogP contribution is 2.48.